The first-order valence-corrected chi connectivity index (χ1v) is 10.1. The summed E-state index contributed by atoms with van der Waals surface area (Å²) in [5, 5.41) is 12.4. The lowest BCUT2D eigenvalue weighted by atomic mass is 10.0. The van der Waals surface area contributed by atoms with Crippen LogP contribution in [0.2, 0.25) is 5.02 Å². The maximum absolute atomic E-state index is 12.6. The van der Waals surface area contributed by atoms with Crippen molar-refractivity contribution in [2.45, 2.75) is 25.8 Å². The molecule has 1 heterocycles. The molecular weight excluding hydrogens is 406 g/mol. The third-order valence-electron chi connectivity index (χ3n) is 4.78. The van der Waals surface area contributed by atoms with Crippen molar-refractivity contribution in [3.63, 3.8) is 0 Å². The Balaban J connectivity index is 1.59. The fourth-order valence-electron chi connectivity index (χ4n) is 3.18. The van der Waals surface area contributed by atoms with Crippen molar-refractivity contribution in [3.05, 3.63) is 58.6 Å². The molecule has 0 saturated carbocycles. The predicted octanol–water partition coefficient (Wildman–Crippen LogP) is 4.35. The lowest BCUT2D eigenvalue weighted by Crippen LogP contribution is -2.46. The van der Waals surface area contributed by atoms with Crippen LogP contribution in [0.5, 0.6) is 11.5 Å². The fourth-order valence-corrected chi connectivity index (χ4v) is 3.40. The highest BCUT2D eigenvalue weighted by Gasteiger charge is 2.25. The Morgan fingerprint density at radius 2 is 1.93 bits per heavy atom. The summed E-state index contributed by atoms with van der Waals surface area (Å²) in [5.41, 5.74) is 0.804. The van der Waals surface area contributed by atoms with Crippen LogP contribution in [-0.4, -0.2) is 42.6 Å². The van der Waals surface area contributed by atoms with Gasteiger partial charge in [-0.2, -0.15) is 5.26 Å². The van der Waals surface area contributed by atoms with E-state index in [9.17, 15) is 9.59 Å². The Morgan fingerprint density at radius 3 is 2.60 bits per heavy atom. The van der Waals surface area contributed by atoms with Crippen molar-refractivity contribution in [3.8, 4) is 17.6 Å². The molecule has 0 radical (unpaired) electrons. The highest BCUT2D eigenvalue weighted by molar-refractivity contribution is 6.32. The van der Waals surface area contributed by atoms with E-state index in [1.165, 1.54) is 6.07 Å². The average Bonchev–Trinajstić information content (AvgIpc) is 2.76. The molecule has 30 heavy (non-hydrogen) atoms. The maximum Gasteiger partial charge on any atom is 0.409 e. The highest BCUT2D eigenvalue weighted by Crippen LogP contribution is 2.31. The molecular formula is C22H22ClN3O4. The number of para-hydroxylation sites is 1. The molecule has 0 spiro atoms. The van der Waals surface area contributed by atoms with Gasteiger partial charge in [-0.3, -0.25) is 4.79 Å². The molecule has 2 amide bonds. The summed E-state index contributed by atoms with van der Waals surface area (Å²) < 4.78 is 10.7. The molecule has 0 atom stereocenters. The summed E-state index contributed by atoms with van der Waals surface area (Å²) in [6, 6.07) is 13.6. The number of piperidine rings is 1. The zero-order chi connectivity index (χ0) is 21.5. The highest BCUT2D eigenvalue weighted by atomic mass is 35.5. The first-order chi connectivity index (χ1) is 14.5. The van der Waals surface area contributed by atoms with E-state index >= 15 is 0 Å². The van der Waals surface area contributed by atoms with Crippen LogP contribution in [0.4, 0.5) is 4.79 Å². The smallest absolute Gasteiger partial charge is 0.409 e. The van der Waals surface area contributed by atoms with Gasteiger partial charge >= 0.3 is 6.09 Å². The number of nitrogens with zero attached hydrogens (tertiary/aromatic N) is 2. The monoisotopic (exact) mass is 427 g/mol. The van der Waals surface area contributed by atoms with Crippen LogP contribution in [0.3, 0.4) is 0 Å². The van der Waals surface area contributed by atoms with Gasteiger partial charge in [0.05, 0.1) is 17.2 Å². The number of hydrogen-bond donors (Lipinski definition) is 1. The molecule has 3 rings (SSSR count). The summed E-state index contributed by atoms with van der Waals surface area (Å²) in [5.74, 6) is 0.515. The first-order valence-electron chi connectivity index (χ1n) is 9.71. The number of likely N-dealkylation sites (tertiary alicyclic amines) is 1. The summed E-state index contributed by atoms with van der Waals surface area (Å²) in [4.78, 5) is 26.0. The predicted molar refractivity (Wildman–Crippen MR) is 112 cm³/mol. The zero-order valence-electron chi connectivity index (χ0n) is 16.6. The van der Waals surface area contributed by atoms with E-state index in [0.29, 0.717) is 55.2 Å². The van der Waals surface area contributed by atoms with Crippen molar-refractivity contribution < 1.29 is 19.1 Å². The number of amides is 2. The molecule has 1 fully saturated rings. The quantitative estimate of drug-likeness (QED) is 0.765. The Kier molecular flexibility index (Phi) is 7.15. The van der Waals surface area contributed by atoms with E-state index in [2.05, 4.69) is 11.4 Å². The van der Waals surface area contributed by atoms with Gasteiger partial charge in [-0.05, 0) is 50.1 Å². The topological polar surface area (TPSA) is 91.7 Å². The average molecular weight is 428 g/mol. The molecule has 156 valence electrons. The van der Waals surface area contributed by atoms with E-state index in [1.54, 1.807) is 48.2 Å². The van der Waals surface area contributed by atoms with Crippen molar-refractivity contribution in [1.29, 1.82) is 5.26 Å². The number of ether oxygens (including phenoxy) is 2. The second-order valence-electron chi connectivity index (χ2n) is 6.79. The fraction of sp³-hybridized carbons (Fsp3) is 0.318. The minimum Gasteiger partial charge on any atom is -0.454 e. The Bertz CT molecular complexity index is 965. The molecule has 0 aromatic heterocycles. The molecule has 0 aliphatic carbocycles. The van der Waals surface area contributed by atoms with Gasteiger partial charge in [0.1, 0.15) is 17.6 Å². The van der Waals surface area contributed by atoms with E-state index in [4.69, 9.17) is 26.3 Å². The normalized spacial score (nSPS) is 14.0. The molecule has 2 aromatic carbocycles. The number of benzene rings is 2. The lowest BCUT2D eigenvalue weighted by molar-refractivity contribution is 0.0860. The Labute approximate surface area is 180 Å². The van der Waals surface area contributed by atoms with Crippen molar-refractivity contribution in [1.82, 2.24) is 10.2 Å². The van der Waals surface area contributed by atoms with Gasteiger partial charge in [-0.25, -0.2) is 4.79 Å². The lowest BCUT2D eigenvalue weighted by Gasteiger charge is -2.31. The van der Waals surface area contributed by atoms with Crippen LogP contribution in [0.15, 0.2) is 42.5 Å². The van der Waals surface area contributed by atoms with Crippen LogP contribution < -0.4 is 10.1 Å². The molecule has 1 aliphatic heterocycles. The minimum atomic E-state index is -0.317. The molecule has 7 nitrogen and oxygen atoms in total. The molecule has 1 N–H and O–H groups in total. The summed E-state index contributed by atoms with van der Waals surface area (Å²) in [7, 11) is 0. The zero-order valence-corrected chi connectivity index (χ0v) is 17.3. The number of hydrogen-bond acceptors (Lipinski definition) is 5. The standard InChI is InChI=1S/C22H22ClN3O4/c1-2-29-22(28)26-11-9-17(10-12-26)25-21(27)15-7-8-20(18(23)13-15)30-19-6-4-3-5-16(19)14-24/h3-8,13,17H,2,9-12H2,1H3,(H,25,27). The van der Waals surface area contributed by atoms with E-state index in [0.717, 1.165) is 0 Å². The van der Waals surface area contributed by atoms with Gasteiger partial charge in [0.2, 0.25) is 0 Å². The second kappa shape index (κ2) is 9.99. The molecule has 0 unspecified atom stereocenters. The van der Waals surface area contributed by atoms with Crippen LogP contribution in [-0.2, 0) is 4.74 Å². The SMILES string of the molecule is CCOC(=O)N1CCC(NC(=O)c2ccc(Oc3ccccc3C#N)c(Cl)c2)CC1. The van der Waals surface area contributed by atoms with Gasteiger partial charge in [-0.1, -0.05) is 23.7 Å². The van der Waals surface area contributed by atoms with Crippen molar-refractivity contribution in [2.75, 3.05) is 19.7 Å². The number of nitriles is 1. The van der Waals surface area contributed by atoms with Crippen LogP contribution in [0.25, 0.3) is 0 Å². The van der Waals surface area contributed by atoms with Gasteiger partial charge in [0, 0.05) is 24.7 Å². The van der Waals surface area contributed by atoms with Gasteiger partial charge < -0.3 is 19.7 Å². The Morgan fingerprint density at radius 1 is 1.20 bits per heavy atom. The van der Waals surface area contributed by atoms with Crippen molar-refractivity contribution >= 4 is 23.6 Å². The third-order valence-corrected chi connectivity index (χ3v) is 5.07. The minimum absolute atomic E-state index is 0.0274. The van der Waals surface area contributed by atoms with E-state index in [1.807, 2.05) is 0 Å². The summed E-state index contributed by atoms with van der Waals surface area (Å²) >= 11 is 6.30. The van der Waals surface area contributed by atoms with Crippen LogP contribution >= 0.6 is 11.6 Å². The van der Waals surface area contributed by atoms with Crippen LogP contribution in [0, 0.1) is 11.3 Å². The largest absolute Gasteiger partial charge is 0.454 e. The Hall–Kier alpha value is -3.24. The maximum atomic E-state index is 12.6. The molecule has 8 heteroatoms. The number of carbonyl (C=O) groups is 2. The third kappa shape index (κ3) is 5.22. The van der Waals surface area contributed by atoms with E-state index < -0.39 is 0 Å². The molecule has 0 bridgehead atoms. The van der Waals surface area contributed by atoms with Gasteiger partial charge in [0.25, 0.3) is 5.91 Å². The van der Waals surface area contributed by atoms with Gasteiger partial charge in [0.15, 0.2) is 0 Å². The summed E-state index contributed by atoms with van der Waals surface area (Å²) in [6.07, 6.45) is 0.997. The van der Waals surface area contributed by atoms with E-state index in [-0.39, 0.29) is 23.1 Å². The first kappa shape index (κ1) is 21.5. The number of carbonyl (C=O) groups excluding carboxylic acids is 2. The van der Waals surface area contributed by atoms with Gasteiger partial charge in [-0.15, -0.1) is 0 Å². The molecule has 2 aromatic rings. The molecule has 1 saturated heterocycles. The summed E-state index contributed by atoms with van der Waals surface area (Å²) in [6.45, 7) is 3.19. The number of halogens is 1. The van der Waals surface area contributed by atoms with Crippen LogP contribution in [0.1, 0.15) is 35.7 Å². The number of rotatable bonds is 5. The van der Waals surface area contributed by atoms with Crippen molar-refractivity contribution in [2.24, 2.45) is 0 Å². The molecule has 1 aliphatic rings. The number of nitrogens with one attached hydrogen (secondary N) is 1. The second-order valence-corrected chi connectivity index (χ2v) is 7.20.